The van der Waals surface area contributed by atoms with Gasteiger partial charge in [-0.15, -0.1) is 0 Å². The molecule has 0 aliphatic carbocycles. The Labute approximate surface area is 128 Å². The first-order valence-corrected chi connectivity index (χ1v) is 6.19. The Bertz CT molecular complexity index is 341. The summed E-state index contributed by atoms with van der Waals surface area (Å²) < 4.78 is 97.2. The Morgan fingerprint density at radius 1 is 0.588 bits per heavy atom. The van der Waals surface area contributed by atoms with Gasteiger partial charge >= 0.3 is 65.6 Å². The molecule has 116 valence electrons. The smallest absolute Gasteiger partial charge is 0.759 e. The van der Waals surface area contributed by atoms with Crippen LogP contribution in [0.4, 0.5) is 0 Å². The Morgan fingerprint density at radius 3 is 0.588 bits per heavy atom. The first-order valence-electron chi connectivity index (χ1n) is 2.06. The zero-order chi connectivity index (χ0) is 13.5. The Balaban J connectivity index is -0.0000000400. The molecule has 0 atom stereocenters. The molecule has 0 saturated carbocycles. The largest absolute Gasteiger partial charge is 1.00 e. The summed E-state index contributed by atoms with van der Waals surface area (Å²) in [7, 11) is -14.5. The minimum absolute atomic E-state index is 0. The van der Waals surface area contributed by atoms with Crippen LogP contribution in [-0.4, -0.2) is 52.6 Å². The van der Waals surface area contributed by atoms with Crippen LogP contribution in [0.2, 0.25) is 0 Å². The summed E-state index contributed by atoms with van der Waals surface area (Å²) >= 11 is 0. The molecule has 17 heavy (non-hydrogen) atoms. The van der Waals surface area contributed by atoms with Crippen LogP contribution < -0.4 is 0 Å². The molecule has 0 aliphatic rings. The summed E-state index contributed by atoms with van der Waals surface area (Å²) in [5.41, 5.74) is 0. The predicted molar refractivity (Wildman–Crippen MR) is 38.8 cm³/mol. The molecule has 0 unspecified atom stereocenters. The van der Waals surface area contributed by atoms with E-state index in [-0.39, 0.29) is 44.8 Å². The molecule has 0 amide bonds. The average molecular weight is 508 g/mol. The van der Waals surface area contributed by atoms with Crippen LogP contribution in [0, 0.1) is 0 Å². The van der Waals surface area contributed by atoms with Crippen molar-refractivity contribution in [3.8, 4) is 0 Å². The fourth-order valence-corrected chi connectivity index (χ4v) is 0. The molecule has 0 spiro atoms. The monoisotopic (exact) mass is 506 g/mol. The van der Waals surface area contributed by atoms with Crippen molar-refractivity contribution in [2.75, 3.05) is 0 Å². The van der Waals surface area contributed by atoms with Crippen LogP contribution in [0.1, 0.15) is 0 Å². The maximum absolute atomic E-state index is 8.74. The third-order valence-electron chi connectivity index (χ3n) is 0. The molecule has 0 aromatic rings. The molecule has 0 fully saturated rings. The molecule has 12 nitrogen and oxygen atoms in total. The summed E-state index contributed by atoms with van der Waals surface area (Å²) in [4.78, 5) is 0. The Kier molecular flexibility index (Phi) is 22.0. The first kappa shape index (κ1) is 30.8. The molecule has 0 saturated heterocycles. The van der Waals surface area contributed by atoms with E-state index in [4.69, 9.17) is 52.6 Å². The van der Waals surface area contributed by atoms with E-state index in [1.54, 1.807) is 0 Å². The van der Waals surface area contributed by atoms with Gasteiger partial charge in [0.25, 0.3) is 0 Å². The molecule has 0 radical (unpaired) electrons. The summed E-state index contributed by atoms with van der Waals surface area (Å²) in [6, 6.07) is 0. The minimum atomic E-state index is -5.17. The molecule has 17 heteroatoms. The van der Waals surface area contributed by atoms with Crippen LogP contribution in [-0.2, 0) is 76.0 Å². The summed E-state index contributed by atoms with van der Waals surface area (Å²) in [6.07, 6.45) is 0. The minimum Gasteiger partial charge on any atom is -0.759 e. The molecule has 0 aliphatic heterocycles. The molecule has 0 rings (SSSR count). The maximum atomic E-state index is 8.74. The van der Waals surface area contributed by atoms with E-state index in [1.807, 2.05) is 0 Å². The fourth-order valence-electron chi connectivity index (χ4n) is 0. The summed E-state index contributed by atoms with van der Waals surface area (Å²) in [6.45, 7) is 0. The van der Waals surface area contributed by atoms with Gasteiger partial charge < -0.3 is 9.11 Å². The number of hydrogen-bond acceptors (Lipinski definition) is 8. The second-order valence-corrected chi connectivity index (χ2v) is 3.91. The van der Waals surface area contributed by atoms with Crippen molar-refractivity contribution in [3.63, 3.8) is 0 Å². The zero-order valence-electron chi connectivity index (χ0n) is 6.88. The Morgan fingerprint density at radius 2 is 0.588 bits per heavy atom. The van der Waals surface area contributed by atoms with E-state index in [9.17, 15) is 0 Å². The topological polar surface area (TPSA) is 229 Å². The van der Waals surface area contributed by atoms with Crippen molar-refractivity contribution in [1.82, 2.24) is 0 Å². The van der Waals surface area contributed by atoms with Gasteiger partial charge in [0.15, 0.2) is 0 Å². The molecule has 0 aromatic heterocycles. The van der Waals surface area contributed by atoms with Crippen molar-refractivity contribution in [2.45, 2.75) is 0 Å². The van der Waals surface area contributed by atoms with Gasteiger partial charge in [-0.25, -0.2) is 0 Å². The zero-order valence-corrected chi connectivity index (χ0v) is 12.3. The maximum Gasteiger partial charge on any atom is 1.00 e. The van der Waals surface area contributed by atoms with Gasteiger partial charge in [0.1, 0.15) is 0 Å². The molecule has 0 aromatic carbocycles. The Hall–Kier alpha value is 1.09. The second kappa shape index (κ2) is 12.1. The molecule has 0 heterocycles. The second-order valence-electron chi connectivity index (χ2n) is 1.30. The van der Waals surface area contributed by atoms with Gasteiger partial charge in [0.05, 0.1) is 0 Å². The normalized spacial score (nSPS) is 10.2. The van der Waals surface area contributed by atoms with Crippen molar-refractivity contribution in [2.24, 2.45) is 0 Å². The van der Waals surface area contributed by atoms with Gasteiger partial charge in [-0.05, 0) is 0 Å². The molecular formula is H4Ag2O12S3. The van der Waals surface area contributed by atoms with E-state index in [0.29, 0.717) is 0 Å². The van der Waals surface area contributed by atoms with Crippen LogP contribution in [0.15, 0.2) is 0 Å². The number of hydrogen-bond donors (Lipinski definition) is 4. The third kappa shape index (κ3) is 3270. The third-order valence-corrected chi connectivity index (χ3v) is 0. The molecular weight excluding hydrogens is 504 g/mol. The van der Waals surface area contributed by atoms with Gasteiger partial charge in [-0.2, -0.15) is 16.8 Å². The standard InChI is InChI=1S/2Ag.3H2O4S/c;;3*1-5(2,3)4/h;;3*(H2,1,2,3,4)/q2*+1;;;/p-2. The quantitative estimate of drug-likeness (QED) is 0.149. The molecule has 0 bridgehead atoms. The van der Waals surface area contributed by atoms with Gasteiger partial charge in [-0.3, -0.25) is 26.6 Å². The fraction of sp³-hybridized carbons (Fsp3) is 0. The summed E-state index contributed by atoms with van der Waals surface area (Å²) in [5.74, 6) is 0. The van der Waals surface area contributed by atoms with Gasteiger partial charge in [-0.1, -0.05) is 0 Å². The van der Waals surface area contributed by atoms with E-state index in [2.05, 4.69) is 0 Å². The predicted octanol–water partition coefficient (Wildman–Crippen LogP) is -2.65. The van der Waals surface area contributed by atoms with E-state index in [0.717, 1.165) is 0 Å². The summed E-state index contributed by atoms with van der Waals surface area (Å²) in [5, 5.41) is 0. The van der Waals surface area contributed by atoms with Crippen LogP contribution >= 0.6 is 0 Å². The van der Waals surface area contributed by atoms with Gasteiger partial charge in [0.2, 0.25) is 0 Å². The van der Waals surface area contributed by atoms with Crippen molar-refractivity contribution >= 4 is 31.2 Å². The number of rotatable bonds is 0. The first-order chi connectivity index (χ1) is 6.00. The van der Waals surface area contributed by atoms with Crippen LogP contribution in [0.3, 0.4) is 0 Å². The van der Waals surface area contributed by atoms with Crippen LogP contribution in [0.5, 0.6) is 0 Å². The van der Waals surface area contributed by atoms with Crippen molar-refractivity contribution in [3.05, 3.63) is 0 Å². The van der Waals surface area contributed by atoms with E-state index >= 15 is 0 Å². The van der Waals surface area contributed by atoms with E-state index < -0.39 is 31.2 Å². The van der Waals surface area contributed by atoms with Crippen molar-refractivity contribution < 1.29 is 97.3 Å². The van der Waals surface area contributed by atoms with Gasteiger partial charge in [0, 0.05) is 10.4 Å². The average Bonchev–Trinajstić information content (AvgIpc) is 1.41. The SMILES string of the molecule is O=S(=O)(O)O.O=S(=O)(O)O.O=S(=O)([O-])[O-].[Ag+].[Ag+]. The van der Waals surface area contributed by atoms with Crippen molar-refractivity contribution in [1.29, 1.82) is 0 Å². The molecule has 4 N–H and O–H groups in total. The van der Waals surface area contributed by atoms with E-state index in [1.165, 1.54) is 0 Å². The van der Waals surface area contributed by atoms with Crippen LogP contribution in [0.25, 0.3) is 0 Å².